The summed E-state index contributed by atoms with van der Waals surface area (Å²) in [6, 6.07) is 3.44. The van der Waals surface area contributed by atoms with Crippen LogP contribution in [0.2, 0.25) is 0 Å². The Morgan fingerprint density at radius 1 is 0.811 bits per heavy atom. The number of aliphatic imine (C=N–C) groups is 1. The molecule has 1 aliphatic heterocycles. The van der Waals surface area contributed by atoms with Crippen molar-refractivity contribution in [3.63, 3.8) is 0 Å². The second-order valence-electron chi connectivity index (χ2n) is 12.0. The van der Waals surface area contributed by atoms with Gasteiger partial charge in [-0.05, 0) is 31.2 Å². The van der Waals surface area contributed by atoms with Crippen molar-refractivity contribution >= 4 is 59.1 Å². The van der Waals surface area contributed by atoms with Crippen molar-refractivity contribution in [3.8, 4) is 0 Å². The van der Waals surface area contributed by atoms with Gasteiger partial charge in [0.1, 0.15) is 24.2 Å². The van der Waals surface area contributed by atoms with Crippen LogP contribution in [-0.2, 0) is 49.6 Å². The molecule has 0 radical (unpaired) electrons. The van der Waals surface area contributed by atoms with Gasteiger partial charge >= 0.3 is 0 Å². The van der Waals surface area contributed by atoms with Gasteiger partial charge in [-0.1, -0.05) is 30.3 Å². The Morgan fingerprint density at radius 3 is 2.17 bits per heavy atom. The third-order valence-electron chi connectivity index (χ3n) is 7.57. The SMILES string of the molecule is CC(=O)NCC(=O)N[C@H]1CCC(=O)NCC[C@@H](C(=O)NCC(N)=O)NC(=O)CNC(=O)[C@@H](Cc2ccccc2)NC(=O)[C@H](CCCN=C(N)N)NC1=O. The van der Waals surface area contributed by atoms with Gasteiger partial charge in [0.25, 0.3) is 0 Å². The van der Waals surface area contributed by atoms with Crippen molar-refractivity contribution in [1.29, 1.82) is 0 Å². The Labute approximate surface area is 305 Å². The Bertz CT molecular complexity index is 1520. The highest BCUT2D eigenvalue weighted by molar-refractivity contribution is 5.96. The van der Waals surface area contributed by atoms with Crippen LogP contribution < -0.4 is 59.7 Å². The topological polar surface area (TPSA) is 340 Å². The van der Waals surface area contributed by atoms with Crippen LogP contribution in [0.3, 0.4) is 0 Å². The molecule has 1 aromatic rings. The highest BCUT2D eigenvalue weighted by Gasteiger charge is 2.31. The molecule has 9 amide bonds. The summed E-state index contributed by atoms with van der Waals surface area (Å²) < 4.78 is 0. The number of benzene rings is 1. The number of primary amides is 1. The molecule has 290 valence electrons. The molecule has 0 aromatic heterocycles. The van der Waals surface area contributed by atoms with E-state index in [2.05, 4.69) is 47.5 Å². The molecule has 0 aliphatic carbocycles. The molecule has 1 fully saturated rings. The van der Waals surface area contributed by atoms with E-state index in [4.69, 9.17) is 17.2 Å². The maximum Gasteiger partial charge on any atom is 0.243 e. The normalized spacial score (nSPS) is 20.6. The van der Waals surface area contributed by atoms with E-state index in [1.165, 1.54) is 6.92 Å². The molecule has 21 nitrogen and oxygen atoms in total. The first-order chi connectivity index (χ1) is 25.1. The summed E-state index contributed by atoms with van der Waals surface area (Å²) in [7, 11) is 0. The predicted molar refractivity (Wildman–Crippen MR) is 189 cm³/mol. The number of carbonyl (C=O) groups excluding carboxylic acids is 9. The highest BCUT2D eigenvalue weighted by Crippen LogP contribution is 2.08. The molecule has 1 heterocycles. The fourth-order valence-electron chi connectivity index (χ4n) is 4.92. The lowest BCUT2D eigenvalue weighted by Gasteiger charge is -2.25. The first-order valence-corrected chi connectivity index (χ1v) is 16.8. The number of amides is 9. The molecular formula is C32H48N12O9. The van der Waals surface area contributed by atoms with Gasteiger partial charge in [0, 0.05) is 32.9 Å². The number of carbonyl (C=O) groups is 9. The molecule has 2 rings (SSSR count). The van der Waals surface area contributed by atoms with Gasteiger partial charge in [-0.15, -0.1) is 0 Å². The largest absolute Gasteiger partial charge is 0.370 e. The van der Waals surface area contributed by atoms with Crippen molar-refractivity contribution in [2.75, 3.05) is 32.7 Å². The number of rotatable bonds is 12. The average molecular weight is 745 g/mol. The zero-order valence-corrected chi connectivity index (χ0v) is 29.3. The van der Waals surface area contributed by atoms with Crippen molar-refractivity contribution < 1.29 is 43.2 Å². The van der Waals surface area contributed by atoms with Crippen molar-refractivity contribution in [3.05, 3.63) is 35.9 Å². The molecule has 0 bridgehead atoms. The van der Waals surface area contributed by atoms with Crippen LogP contribution in [-0.4, -0.2) is 116 Å². The number of nitrogens with one attached hydrogen (secondary N) is 8. The molecule has 0 saturated carbocycles. The molecule has 21 heteroatoms. The minimum Gasteiger partial charge on any atom is -0.370 e. The van der Waals surface area contributed by atoms with Gasteiger partial charge in [0.2, 0.25) is 53.2 Å². The van der Waals surface area contributed by atoms with E-state index in [0.29, 0.717) is 5.56 Å². The lowest BCUT2D eigenvalue weighted by Crippen LogP contribution is -2.58. The maximum absolute atomic E-state index is 13.8. The summed E-state index contributed by atoms with van der Waals surface area (Å²) in [6.07, 6.45) is -0.582. The highest BCUT2D eigenvalue weighted by atomic mass is 16.2. The summed E-state index contributed by atoms with van der Waals surface area (Å²) in [4.78, 5) is 118. The Morgan fingerprint density at radius 2 is 1.51 bits per heavy atom. The van der Waals surface area contributed by atoms with Crippen LogP contribution in [0.1, 0.15) is 44.6 Å². The van der Waals surface area contributed by atoms with E-state index in [0.717, 1.165) is 0 Å². The van der Waals surface area contributed by atoms with Crippen LogP contribution in [0.5, 0.6) is 0 Å². The first-order valence-electron chi connectivity index (χ1n) is 16.8. The van der Waals surface area contributed by atoms with E-state index < -0.39 is 97.0 Å². The summed E-state index contributed by atoms with van der Waals surface area (Å²) in [6.45, 7) is -0.497. The first kappa shape index (κ1) is 42.9. The lowest BCUT2D eigenvalue weighted by molar-refractivity contribution is -0.134. The minimum absolute atomic E-state index is 0.0251. The number of guanidine groups is 1. The Kier molecular flexibility index (Phi) is 18.2. The van der Waals surface area contributed by atoms with Crippen molar-refractivity contribution in [1.82, 2.24) is 42.5 Å². The van der Waals surface area contributed by atoms with Crippen LogP contribution >= 0.6 is 0 Å². The number of hydrogen-bond donors (Lipinski definition) is 11. The van der Waals surface area contributed by atoms with Crippen molar-refractivity contribution in [2.24, 2.45) is 22.2 Å². The molecule has 1 aromatic carbocycles. The molecule has 1 aliphatic rings. The predicted octanol–water partition coefficient (Wildman–Crippen LogP) is -5.62. The minimum atomic E-state index is -1.37. The Hall–Kier alpha value is -6.28. The van der Waals surface area contributed by atoms with Crippen LogP contribution in [0.15, 0.2) is 35.3 Å². The van der Waals surface area contributed by atoms with E-state index in [-0.39, 0.29) is 57.6 Å². The smallest absolute Gasteiger partial charge is 0.243 e. The molecular weight excluding hydrogens is 696 g/mol. The number of nitrogens with zero attached hydrogens (tertiary/aromatic N) is 1. The van der Waals surface area contributed by atoms with Crippen LogP contribution in [0.4, 0.5) is 0 Å². The monoisotopic (exact) mass is 744 g/mol. The fourth-order valence-corrected chi connectivity index (χ4v) is 4.92. The Balaban J connectivity index is 2.47. The van der Waals surface area contributed by atoms with Gasteiger partial charge in [0.15, 0.2) is 5.96 Å². The van der Waals surface area contributed by atoms with Gasteiger partial charge in [0.05, 0.1) is 19.6 Å². The van der Waals surface area contributed by atoms with Crippen LogP contribution in [0.25, 0.3) is 0 Å². The van der Waals surface area contributed by atoms with E-state index in [1.807, 2.05) is 0 Å². The van der Waals surface area contributed by atoms with Gasteiger partial charge in [-0.2, -0.15) is 0 Å². The maximum atomic E-state index is 13.8. The number of nitrogens with two attached hydrogens (primary N) is 3. The summed E-state index contributed by atoms with van der Waals surface area (Å²) >= 11 is 0. The molecule has 53 heavy (non-hydrogen) atoms. The zero-order chi connectivity index (χ0) is 39.3. The standard InChI is InChI=1S/C32H48N12O9/c1-18(45)38-16-26(48)41-21-9-10-25(47)36-13-11-22(28(50)39-15-24(33)46)42-27(49)17-40-29(51)23(14-19-6-3-2-4-7-19)44-30(52)20(43-31(21)53)8-5-12-37-32(34)35/h2-4,6-7,20-23H,5,8-17H2,1H3,(H2,33,46)(H,36,47)(H,38,45)(H,39,50)(H,40,51)(H,41,48)(H,42,49)(H,43,53)(H,44,52)(H4,34,35,37)/t20-,21-,22-,23+/m0/s1. The lowest BCUT2D eigenvalue weighted by atomic mass is 10.0. The van der Waals surface area contributed by atoms with Crippen molar-refractivity contribution in [2.45, 2.75) is 69.6 Å². The summed E-state index contributed by atoms with van der Waals surface area (Å²) in [5.74, 6) is -6.90. The van der Waals surface area contributed by atoms with Crippen LogP contribution in [0, 0.1) is 0 Å². The number of hydrogen-bond acceptors (Lipinski definition) is 10. The molecule has 1 saturated heterocycles. The van der Waals surface area contributed by atoms with Gasteiger partial charge in [-0.3, -0.25) is 48.1 Å². The summed E-state index contributed by atoms with van der Waals surface area (Å²) in [5.41, 5.74) is 16.6. The van der Waals surface area contributed by atoms with E-state index >= 15 is 0 Å². The molecule has 14 N–H and O–H groups in total. The van der Waals surface area contributed by atoms with Gasteiger partial charge in [-0.25, -0.2) is 0 Å². The molecule has 4 atom stereocenters. The summed E-state index contributed by atoms with van der Waals surface area (Å²) in [5, 5.41) is 19.7. The third-order valence-corrected chi connectivity index (χ3v) is 7.57. The molecule has 0 spiro atoms. The van der Waals surface area contributed by atoms with E-state index in [9.17, 15) is 43.2 Å². The average Bonchev–Trinajstić information content (AvgIpc) is 3.10. The van der Waals surface area contributed by atoms with Gasteiger partial charge < -0.3 is 59.7 Å². The second kappa shape index (κ2) is 22.5. The zero-order valence-electron chi connectivity index (χ0n) is 29.3. The third kappa shape index (κ3) is 17.5. The fraction of sp³-hybridized carbons (Fsp3) is 0.500. The second-order valence-corrected chi connectivity index (χ2v) is 12.0. The molecule has 0 unspecified atom stereocenters. The van der Waals surface area contributed by atoms with E-state index in [1.54, 1.807) is 30.3 Å². The quantitative estimate of drug-likeness (QED) is 0.0544.